The Balaban J connectivity index is 1.44. The number of aromatic nitrogens is 1. The highest BCUT2D eigenvalue weighted by Gasteiger charge is 2.54. The number of carboxylic acids is 1. The third-order valence-electron chi connectivity index (χ3n) is 5.68. The Kier molecular flexibility index (Phi) is 9.07. The van der Waals surface area contributed by atoms with Gasteiger partial charge in [-0.05, 0) is 5.56 Å². The molecule has 2 aliphatic heterocycles. The molecule has 1 aromatic heterocycles. The van der Waals surface area contributed by atoms with Crippen LogP contribution in [0.3, 0.4) is 0 Å². The predicted molar refractivity (Wildman–Crippen MR) is 146 cm³/mol. The summed E-state index contributed by atoms with van der Waals surface area (Å²) in [6.07, 6.45) is 0. The summed E-state index contributed by atoms with van der Waals surface area (Å²) in [5.74, 6) is -3.73. The first-order valence-electron chi connectivity index (χ1n) is 11.5. The Morgan fingerprint density at radius 1 is 1.27 bits per heavy atom. The second kappa shape index (κ2) is 12.5. The molecule has 0 saturated carbocycles. The van der Waals surface area contributed by atoms with E-state index >= 15 is 0 Å². The zero-order valence-corrected chi connectivity index (χ0v) is 23.3. The predicted octanol–water partition coefficient (Wildman–Crippen LogP) is 1.71. The van der Waals surface area contributed by atoms with Crippen molar-refractivity contribution in [2.75, 3.05) is 24.8 Å². The second-order valence-corrected chi connectivity index (χ2v) is 10.7. The Hall–Kier alpha value is -3.95. The fourth-order valence-corrected chi connectivity index (χ4v) is 6.10. The lowest BCUT2D eigenvalue weighted by Crippen LogP contribution is -2.71. The first kappa shape index (κ1) is 29.0. The molecule has 1 saturated heterocycles. The number of anilines is 1. The van der Waals surface area contributed by atoms with E-state index < -0.39 is 46.5 Å². The zero-order chi connectivity index (χ0) is 29.0. The van der Waals surface area contributed by atoms with E-state index in [-0.39, 0.29) is 40.2 Å². The molecule has 2 aliphatic rings. The number of esters is 1. The van der Waals surface area contributed by atoms with E-state index in [2.05, 4.69) is 20.8 Å². The SMILES string of the molecule is CON=C(C(=O)N[C@@H]1C(=O)N2C(C(=O)O)=C(COC(C)=O)CS[C@H]12)c1csc(NC(=O)C(Cl)c2ccccc2)n1. The van der Waals surface area contributed by atoms with Gasteiger partial charge in [-0.15, -0.1) is 34.7 Å². The van der Waals surface area contributed by atoms with E-state index in [4.69, 9.17) is 21.2 Å². The molecule has 3 heterocycles. The molecule has 16 heteroatoms. The van der Waals surface area contributed by atoms with Crippen molar-refractivity contribution in [2.45, 2.75) is 23.7 Å². The van der Waals surface area contributed by atoms with E-state index in [0.717, 1.165) is 16.2 Å². The number of carbonyl (C=O) groups excluding carboxylic acids is 4. The number of nitrogens with zero attached hydrogens (tertiary/aromatic N) is 3. The largest absolute Gasteiger partial charge is 0.477 e. The van der Waals surface area contributed by atoms with Gasteiger partial charge in [0.2, 0.25) is 5.91 Å². The van der Waals surface area contributed by atoms with E-state index in [1.165, 1.54) is 31.2 Å². The number of aliphatic carboxylic acids is 1. The number of hydrogen-bond donors (Lipinski definition) is 3. The van der Waals surface area contributed by atoms with Crippen LogP contribution in [-0.4, -0.2) is 81.2 Å². The third kappa shape index (κ3) is 6.11. The third-order valence-corrected chi connectivity index (χ3v) is 8.23. The minimum Gasteiger partial charge on any atom is -0.477 e. The van der Waals surface area contributed by atoms with Crippen molar-refractivity contribution in [1.29, 1.82) is 0 Å². The van der Waals surface area contributed by atoms with Crippen LogP contribution in [0.2, 0.25) is 0 Å². The van der Waals surface area contributed by atoms with Gasteiger partial charge in [0.15, 0.2) is 10.8 Å². The molecule has 1 unspecified atom stereocenters. The van der Waals surface area contributed by atoms with Gasteiger partial charge in [-0.25, -0.2) is 9.78 Å². The first-order valence-corrected chi connectivity index (χ1v) is 13.9. The molecule has 0 aliphatic carbocycles. The maximum absolute atomic E-state index is 13.1. The number of carboxylic acid groups (broad SMARTS) is 1. The van der Waals surface area contributed by atoms with Gasteiger partial charge in [-0.1, -0.05) is 35.5 Å². The van der Waals surface area contributed by atoms with Crippen LogP contribution in [0.1, 0.15) is 23.6 Å². The minimum atomic E-state index is -1.35. The number of oxime groups is 1. The smallest absolute Gasteiger partial charge is 0.352 e. The molecule has 210 valence electrons. The van der Waals surface area contributed by atoms with Crippen LogP contribution in [-0.2, 0) is 33.5 Å². The van der Waals surface area contributed by atoms with Gasteiger partial charge in [-0.2, -0.15) is 0 Å². The van der Waals surface area contributed by atoms with Gasteiger partial charge < -0.3 is 25.3 Å². The van der Waals surface area contributed by atoms with Gasteiger partial charge in [0.05, 0.1) is 0 Å². The van der Waals surface area contributed by atoms with Gasteiger partial charge in [0, 0.05) is 23.6 Å². The Morgan fingerprint density at radius 3 is 2.65 bits per heavy atom. The van der Waals surface area contributed by atoms with Crippen molar-refractivity contribution in [1.82, 2.24) is 15.2 Å². The van der Waals surface area contributed by atoms with E-state index in [1.54, 1.807) is 30.3 Å². The van der Waals surface area contributed by atoms with Gasteiger partial charge in [0.1, 0.15) is 41.9 Å². The highest BCUT2D eigenvalue weighted by atomic mass is 35.5. The minimum absolute atomic E-state index is 0.0696. The summed E-state index contributed by atoms with van der Waals surface area (Å²) >= 11 is 8.49. The van der Waals surface area contributed by atoms with Crippen LogP contribution in [0.4, 0.5) is 5.13 Å². The standard InChI is InChI=1S/C24H22ClN5O8S2/c1-11(31)38-8-13-9-39-22-17(21(34)30(22)18(13)23(35)36)27-20(33)16(29-37-2)14-10-40-24(26-14)28-19(32)15(25)12-6-4-3-5-7-12/h3-7,10,15,17,22H,8-9H2,1-2H3,(H,27,33)(H,35,36)(H,26,28,32)/t15?,17-,22-/m1/s1. The molecular weight excluding hydrogens is 586 g/mol. The topological polar surface area (TPSA) is 177 Å². The lowest BCUT2D eigenvalue weighted by atomic mass is 10.0. The molecule has 1 aromatic carbocycles. The quantitative estimate of drug-likeness (QED) is 0.118. The molecule has 3 amide bonds. The Morgan fingerprint density at radius 2 is 2.00 bits per heavy atom. The summed E-state index contributed by atoms with van der Waals surface area (Å²) in [7, 11) is 1.22. The number of β-lactam (4-membered cyclic amide) rings is 1. The van der Waals surface area contributed by atoms with Crippen LogP contribution in [0.5, 0.6) is 0 Å². The van der Waals surface area contributed by atoms with Crippen molar-refractivity contribution < 1.29 is 38.7 Å². The highest BCUT2D eigenvalue weighted by molar-refractivity contribution is 8.00. The zero-order valence-electron chi connectivity index (χ0n) is 21.0. The lowest BCUT2D eigenvalue weighted by Gasteiger charge is -2.49. The van der Waals surface area contributed by atoms with E-state index in [0.29, 0.717) is 5.56 Å². The van der Waals surface area contributed by atoms with Crippen LogP contribution in [0.25, 0.3) is 0 Å². The van der Waals surface area contributed by atoms with Crippen molar-refractivity contribution in [2.24, 2.45) is 5.16 Å². The number of ether oxygens (including phenoxy) is 1. The number of fused-ring (bicyclic) bond motifs is 1. The van der Waals surface area contributed by atoms with Crippen LogP contribution >= 0.6 is 34.7 Å². The molecule has 1 fully saturated rings. The molecule has 0 radical (unpaired) electrons. The van der Waals surface area contributed by atoms with E-state index in [1.807, 2.05) is 0 Å². The Bertz CT molecular complexity index is 1410. The number of carbonyl (C=O) groups is 5. The number of nitrogens with one attached hydrogen (secondary N) is 2. The molecule has 0 bridgehead atoms. The molecule has 4 rings (SSSR count). The number of thiazole rings is 1. The summed E-state index contributed by atoms with van der Waals surface area (Å²) in [6, 6.07) is 7.67. The monoisotopic (exact) mass is 607 g/mol. The summed E-state index contributed by atoms with van der Waals surface area (Å²) in [6.45, 7) is 0.929. The second-order valence-electron chi connectivity index (χ2n) is 8.32. The maximum Gasteiger partial charge on any atom is 0.352 e. The average molecular weight is 608 g/mol. The summed E-state index contributed by atoms with van der Waals surface area (Å²) < 4.78 is 4.91. The molecule has 2 aromatic rings. The molecule has 40 heavy (non-hydrogen) atoms. The number of thioether (sulfide) groups is 1. The lowest BCUT2D eigenvalue weighted by molar-refractivity contribution is -0.150. The highest BCUT2D eigenvalue weighted by Crippen LogP contribution is 2.40. The maximum atomic E-state index is 13.1. The van der Waals surface area contributed by atoms with Crippen molar-refractivity contribution in [3.8, 4) is 0 Å². The van der Waals surface area contributed by atoms with Gasteiger partial charge >= 0.3 is 11.9 Å². The fourth-order valence-electron chi connectivity index (χ4n) is 3.87. The normalized spacial score (nSPS) is 19.2. The van der Waals surface area contributed by atoms with Crippen LogP contribution < -0.4 is 10.6 Å². The first-order chi connectivity index (χ1) is 19.1. The number of benzene rings is 1. The fraction of sp³-hybridized carbons (Fsp3) is 0.292. The molecule has 3 N–H and O–H groups in total. The molecular formula is C24H22ClN5O8S2. The average Bonchev–Trinajstić information content (AvgIpc) is 3.40. The van der Waals surface area contributed by atoms with Crippen molar-refractivity contribution in [3.63, 3.8) is 0 Å². The van der Waals surface area contributed by atoms with Crippen LogP contribution in [0.15, 0.2) is 52.1 Å². The van der Waals surface area contributed by atoms with Crippen molar-refractivity contribution >= 4 is 75.2 Å². The van der Waals surface area contributed by atoms with Gasteiger partial charge in [-0.3, -0.25) is 24.1 Å². The Labute approximate surface area is 240 Å². The number of halogens is 1. The van der Waals surface area contributed by atoms with Gasteiger partial charge in [0.25, 0.3) is 11.8 Å². The number of alkyl halides is 1. The molecule has 3 atom stereocenters. The summed E-state index contributed by atoms with van der Waals surface area (Å²) in [5.41, 5.74) is 0.395. The summed E-state index contributed by atoms with van der Waals surface area (Å²) in [5, 5.41) is 18.5. The van der Waals surface area contributed by atoms with E-state index in [9.17, 15) is 29.1 Å². The number of amides is 3. The summed E-state index contributed by atoms with van der Waals surface area (Å²) in [4.78, 5) is 71.7. The number of hydrogen-bond acceptors (Lipinski definition) is 11. The number of rotatable bonds is 10. The molecule has 13 nitrogen and oxygen atoms in total. The van der Waals surface area contributed by atoms with Crippen LogP contribution in [0, 0.1) is 0 Å². The molecule has 0 spiro atoms. The van der Waals surface area contributed by atoms with Crippen molar-refractivity contribution in [3.05, 3.63) is 58.2 Å².